The summed E-state index contributed by atoms with van der Waals surface area (Å²) in [6.07, 6.45) is 3.67. The molecule has 1 aliphatic rings. The molecule has 0 bridgehead atoms. The summed E-state index contributed by atoms with van der Waals surface area (Å²) in [6, 6.07) is 7.09. The zero-order chi connectivity index (χ0) is 11.5. The van der Waals surface area contributed by atoms with Gasteiger partial charge in [0.2, 0.25) is 0 Å². The predicted molar refractivity (Wildman–Crippen MR) is 73.1 cm³/mol. The molecule has 1 heterocycles. The highest BCUT2D eigenvalue weighted by Gasteiger charge is 2.22. The van der Waals surface area contributed by atoms with E-state index < -0.39 is 0 Å². The van der Waals surface area contributed by atoms with Crippen LogP contribution in [0.1, 0.15) is 29.5 Å². The van der Waals surface area contributed by atoms with Gasteiger partial charge in [0, 0.05) is 11.3 Å². The molecule has 2 atom stereocenters. The molecule has 16 heavy (non-hydrogen) atoms. The summed E-state index contributed by atoms with van der Waals surface area (Å²) in [5.41, 5.74) is 10.4. The second-order valence-corrected chi connectivity index (χ2v) is 6.26. The summed E-state index contributed by atoms with van der Waals surface area (Å²) >= 11 is 2.05. The summed E-state index contributed by atoms with van der Waals surface area (Å²) < 4.78 is 0. The van der Waals surface area contributed by atoms with Crippen molar-refractivity contribution in [2.24, 2.45) is 5.73 Å². The molecule has 88 valence electrons. The summed E-state index contributed by atoms with van der Waals surface area (Å²) in [7, 11) is 0. The van der Waals surface area contributed by atoms with Gasteiger partial charge in [0.1, 0.15) is 0 Å². The number of nitrogens with two attached hydrogens (primary N) is 1. The van der Waals surface area contributed by atoms with Crippen LogP contribution < -0.4 is 5.73 Å². The molecule has 1 aromatic carbocycles. The van der Waals surface area contributed by atoms with Gasteiger partial charge < -0.3 is 5.73 Å². The summed E-state index contributed by atoms with van der Waals surface area (Å²) in [5.74, 6) is 1.30. The van der Waals surface area contributed by atoms with Gasteiger partial charge in [0.05, 0.1) is 0 Å². The normalized spacial score (nSPS) is 22.3. The quantitative estimate of drug-likeness (QED) is 0.871. The Morgan fingerprint density at radius 1 is 1.31 bits per heavy atom. The maximum atomic E-state index is 6.29. The predicted octanol–water partition coefficient (Wildman–Crippen LogP) is 3.07. The number of benzene rings is 1. The van der Waals surface area contributed by atoms with E-state index in [0.29, 0.717) is 11.3 Å². The molecule has 1 nitrogen and oxygen atoms in total. The zero-order valence-electron chi connectivity index (χ0n) is 10.2. The largest absolute Gasteiger partial charge is 0.326 e. The van der Waals surface area contributed by atoms with Gasteiger partial charge in [-0.2, -0.15) is 11.8 Å². The van der Waals surface area contributed by atoms with Crippen LogP contribution in [0.15, 0.2) is 18.2 Å². The maximum absolute atomic E-state index is 6.29. The first-order valence-corrected chi connectivity index (χ1v) is 7.14. The molecular weight excluding hydrogens is 214 g/mol. The molecule has 0 aromatic heterocycles. The van der Waals surface area contributed by atoms with E-state index in [1.165, 1.54) is 35.3 Å². The first kappa shape index (κ1) is 12.0. The van der Waals surface area contributed by atoms with Gasteiger partial charge in [-0.3, -0.25) is 0 Å². The van der Waals surface area contributed by atoms with Gasteiger partial charge in [-0.15, -0.1) is 0 Å². The molecule has 0 radical (unpaired) electrons. The average molecular weight is 235 g/mol. The highest BCUT2D eigenvalue weighted by atomic mass is 32.2. The summed E-state index contributed by atoms with van der Waals surface area (Å²) in [5, 5.41) is 0.681. The SMILES string of the molecule is Cc1cc(C)cc(CC(N)C2CCCS2)c1. The standard InChI is InChI=1S/C14H21NS/c1-10-6-11(2)8-12(7-10)9-13(15)14-4-3-5-16-14/h6-8,13-14H,3-5,9,15H2,1-2H3. The Morgan fingerprint density at radius 2 is 2.00 bits per heavy atom. The van der Waals surface area contributed by atoms with Crippen molar-refractivity contribution in [3.63, 3.8) is 0 Å². The van der Waals surface area contributed by atoms with Crippen molar-refractivity contribution in [1.82, 2.24) is 0 Å². The molecule has 0 amide bonds. The van der Waals surface area contributed by atoms with Crippen LogP contribution in [0.2, 0.25) is 0 Å². The van der Waals surface area contributed by atoms with E-state index in [-0.39, 0.29) is 0 Å². The van der Waals surface area contributed by atoms with Gasteiger partial charge in [-0.1, -0.05) is 29.3 Å². The minimum Gasteiger partial charge on any atom is -0.326 e. The lowest BCUT2D eigenvalue weighted by Crippen LogP contribution is -2.33. The van der Waals surface area contributed by atoms with Crippen molar-refractivity contribution in [1.29, 1.82) is 0 Å². The second-order valence-electron chi connectivity index (χ2n) is 4.92. The van der Waals surface area contributed by atoms with Gasteiger partial charge in [-0.25, -0.2) is 0 Å². The fourth-order valence-corrected chi connectivity index (χ4v) is 3.84. The van der Waals surface area contributed by atoms with Crippen LogP contribution in [-0.2, 0) is 6.42 Å². The minimum absolute atomic E-state index is 0.327. The van der Waals surface area contributed by atoms with Gasteiger partial charge in [0.25, 0.3) is 0 Å². The molecule has 0 saturated carbocycles. The highest BCUT2D eigenvalue weighted by Crippen LogP contribution is 2.29. The number of rotatable bonds is 3. The molecule has 1 fully saturated rings. The Balaban J connectivity index is 2.02. The third kappa shape index (κ3) is 3.02. The number of thioether (sulfide) groups is 1. The summed E-state index contributed by atoms with van der Waals surface area (Å²) in [6.45, 7) is 4.32. The van der Waals surface area contributed by atoms with Crippen LogP contribution in [-0.4, -0.2) is 17.0 Å². The average Bonchev–Trinajstić information content (AvgIpc) is 2.68. The molecule has 2 N–H and O–H groups in total. The number of hydrogen-bond donors (Lipinski definition) is 1. The third-order valence-electron chi connectivity index (χ3n) is 3.20. The Bertz CT molecular complexity index is 336. The third-order valence-corrected chi connectivity index (χ3v) is 4.73. The number of aryl methyl sites for hydroxylation is 2. The molecule has 0 spiro atoms. The molecule has 1 aromatic rings. The molecule has 0 aliphatic carbocycles. The lowest BCUT2D eigenvalue weighted by atomic mass is 9.98. The molecule has 2 heteroatoms. The van der Waals surface area contributed by atoms with Crippen molar-refractivity contribution in [2.45, 2.75) is 44.4 Å². The topological polar surface area (TPSA) is 26.0 Å². The molecule has 1 aliphatic heterocycles. The Morgan fingerprint density at radius 3 is 2.56 bits per heavy atom. The monoisotopic (exact) mass is 235 g/mol. The Hall–Kier alpha value is -0.470. The van der Waals surface area contributed by atoms with Crippen LogP contribution in [0.4, 0.5) is 0 Å². The van der Waals surface area contributed by atoms with Crippen LogP contribution in [0.5, 0.6) is 0 Å². The smallest absolute Gasteiger partial charge is 0.0202 e. The van der Waals surface area contributed by atoms with Crippen molar-refractivity contribution in [3.05, 3.63) is 34.9 Å². The van der Waals surface area contributed by atoms with E-state index in [9.17, 15) is 0 Å². The van der Waals surface area contributed by atoms with Gasteiger partial charge in [0.15, 0.2) is 0 Å². The summed E-state index contributed by atoms with van der Waals surface area (Å²) in [4.78, 5) is 0. The van der Waals surface area contributed by atoms with Crippen LogP contribution in [0.3, 0.4) is 0 Å². The van der Waals surface area contributed by atoms with Gasteiger partial charge >= 0.3 is 0 Å². The number of hydrogen-bond acceptors (Lipinski definition) is 2. The van der Waals surface area contributed by atoms with E-state index >= 15 is 0 Å². The lowest BCUT2D eigenvalue weighted by Gasteiger charge is -2.18. The van der Waals surface area contributed by atoms with Crippen molar-refractivity contribution >= 4 is 11.8 Å². The fourth-order valence-electron chi connectivity index (χ4n) is 2.53. The Kier molecular flexibility index (Phi) is 3.93. The first-order valence-electron chi connectivity index (χ1n) is 6.09. The lowest BCUT2D eigenvalue weighted by molar-refractivity contribution is 0.609. The fraction of sp³-hybridized carbons (Fsp3) is 0.571. The minimum atomic E-state index is 0.327. The van der Waals surface area contributed by atoms with Crippen molar-refractivity contribution in [2.75, 3.05) is 5.75 Å². The highest BCUT2D eigenvalue weighted by molar-refractivity contribution is 8.00. The zero-order valence-corrected chi connectivity index (χ0v) is 11.0. The van der Waals surface area contributed by atoms with Crippen LogP contribution in [0, 0.1) is 13.8 Å². The van der Waals surface area contributed by atoms with Crippen molar-refractivity contribution in [3.8, 4) is 0 Å². The molecule has 1 saturated heterocycles. The second kappa shape index (κ2) is 5.24. The van der Waals surface area contributed by atoms with E-state index in [2.05, 4.69) is 43.8 Å². The maximum Gasteiger partial charge on any atom is 0.0202 e. The first-order chi connectivity index (χ1) is 7.65. The van der Waals surface area contributed by atoms with E-state index in [0.717, 1.165) is 6.42 Å². The van der Waals surface area contributed by atoms with Gasteiger partial charge in [-0.05, 0) is 44.4 Å². The van der Waals surface area contributed by atoms with Crippen LogP contribution >= 0.6 is 11.8 Å². The Labute approximate surface area is 103 Å². The van der Waals surface area contributed by atoms with E-state index in [1.807, 2.05) is 0 Å². The van der Waals surface area contributed by atoms with Crippen LogP contribution in [0.25, 0.3) is 0 Å². The van der Waals surface area contributed by atoms with Crippen molar-refractivity contribution < 1.29 is 0 Å². The van der Waals surface area contributed by atoms with E-state index in [1.54, 1.807) is 0 Å². The molecular formula is C14H21NS. The molecule has 2 unspecified atom stereocenters. The van der Waals surface area contributed by atoms with E-state index in [4.69, 9.17) is 5.73 Å². The molecule has 2 rings (SSSR count).